The summed E-state index contributed by atoms with van der Waals surface area (Å²) in [5, 5.41) is 12.1. The van der Waals surface area contributed by atoms with Crippen LogP contribution in [0.5, 0.6) is 5.75 Å². The second-order valence-electron chi connectivity index (χ2n) is 4.73. The van der Waals surface area contributed by atoms with Crippen molar-refractivity contribution in [1.29, 1.82) is 0 Å². The van der Waals surface area contributed by atoms with Crippen LogP contribution in [0.25, 0.3) is 0 Å². The van der Waals surface area contributed by atoms with E-state index in [0.717, 1.165) is 22.4 Å². The summed E-state index contributed by atoms with van der Waals surface area (Å²) in [6.07, 6.45) is 0.325. The molecule has 0 aliphatic heterocycles. The third-order valence-corrected chi connectivity index (χ3v) is 3.29. The highest BCUT2D eigenvalue weighted by molar-refractivity contribution is 5.78. The normalized spacial score (nSPS) is 10.2. The van der Waals surface area contributed by atoms with Gasteiger partial charge < -0.3 is 15.2 Å². The van der Waals surface area contributed by atoms with Crippen LogP contribution in [-0.2, 0) is 24.4 Å². The molecule has 2 rings (SSSR count). The fraction of sp³-hybridized carbons (Fsp3) is 0.235. The monoisotopic (exact) mass is 285 g/mol. The van der Waals surface area contributed by atoms with Crippen molar-refractivity contribution < 1.29 is 14.6 Å². The number of aliphatic hydroxyl groups is 1. The summed E-state index contributed by atoms with van der Waals surface area (Å²) in [5.41, 5.74) is 2.70. The largest absolute Gasteiger partial charge is 0.497 e. The Bertz CT molecular complexity index is 593. The molecule has 110 valence electrons. The number of methoxy groups -OCH3 is 1. The first kappa shape index (κ1) is 15.1. The highest BCUT2D eigenvalue weighted by atomic mass is 16.5. The van der Waals surface area contributed by atoms with Crippen molar-refractivity contribution in [2.24, 2.45) is 0 Å². The van der Waals surface area contributed by atoms with Crippen LogP contribution < -0.4 is 10.1 Å². The molecular weight excluding hydrogens is 266 g/mol. The van der Waals surface area contributed by atoms with Crippen molar-refractivity contribution in [2.75, 3.05) is 7.11 Å². The first-order valence-corrected chi connectivity index (χ1v) is 6.80. The van der Waals surface area contributed by atoms with Crippen molar-refractivity contribution >= 4 is 5.91 Å². The molecule has 0 aliphatic carbocycles. The Morgan fingerprint density at radius 1 is 1.10 bits per heavy atom. The predicted octanol–water partition coefficient (Wildman–Crippen LogP) is 2.05. The highest BCUT2D eigenvalue weighted by Gasteiger charge is 2.05. The molecule has 0 heterocycles. The molecule has 1 amide bonds. The first-order chi connectivity index (χ1) is 10.2. The van der Waals surface area contributed by atoms with Gasteiger partial charge in [0.15, 0.2) is 0 Å². The predicted molar refractivity (Wildman–Crippen MR) is 80.9 cm³/mol. The SMILES string of the molecule is COc1ccc(CC(=O)NCc2ccccc2CO)cc1. The van der Waals surface area contributed by atoms with E-state index in [9.17, 15) is 9.90 Å². The summed E-state index contributed by atoms with van der Waals surface area (Å²) in [4.78, 5) is 11.9. The Kier molecular flexibility index (Phi) is 5.35. The van der Waals surface area contributed by atoms with Gasteiger partial charge in [0.1, 0.15) is 5.75 Å². The van der Waals surface area contributed by atoms with Gasteiger partial charge in [-0.1, -0.05) is 36.4 Å². The number of nitrogens with one attached hydrogen (secondary N) is 1. The molecule has 4 nitrogen and oxygen atoms in total. The zero-order valence-electron chi connectivity index (χ0n) is 12.0. The number of hydrogen-bond donors (Lipinski definition) is 2. The van der Waals surface area contributed by atoms with Crippen LogP contribution in [0.1, 0.15) is 16.7 Å². The number of ether oxygens (including phenoxy) is 1. The summed E-state index contributed by atoms with van der Waals surface area (Å²) >= 11 is 0. The molecule has 0 aliphatic rings. The van der Waals surface area contributed by atoms with E-state index >= 15 is 0 Å². The van der Waals surface area contributed by atoms with Crippen LogP contribution in [0.2, 0.25) is 0 Å². The average molecular weight is 285 g/mol. The second-order valence-corrected chi connectivity index (χ2v) is 4.73. The lowest BCUT2D eigenvalue weighted by atomic mass is 10.1. The number of amides is 1. The smallest absolute Gasteiger partial charge is 0.224 e. The minimum absolute atomic E-state index is 0.0233. The number of hydrogen-bond acceptors (Lipinski definition) is 3. The van der Waals surface area contributed by atoms with Crippen LogP contribution in [-0.4, -0.2) is 18.1 Å². The number of rotatable bonds is 6. The summed E-state index contributed by atoms with van der Waals surface area (Å²) in [6, 6.07) is 14.9. The lowest BCUT2D eigenvalue weighted by molar-refractivity contribution is -0.120. The van der Waals surface area contributed by atoms with Gasteiger partial charge in [-0.15, -0.1) is 0 Å². The maximum absolute atomic E-state index is 11.9. The molecule has 4 heteroatoms. The van der Waals surface area contributed by atoms with Crippen molar-refractivity contribution in [1.82, 2.24) is 5.32 Å². The highest BCUT2D eigenvalue weighted by Crippen LogP contribution is 2.12. The van der Waals surface area contributed by atoms with Gasteiger partial charge in [0.2, 0.25) is 5.91 Å². The zero-order chi connectivity index (χ0) is 15.1. The lowest BCUT2D eigenvalue weighted by Crippen LogP contribution is -2.25. The van der Waals surface area contributed by atoms with Crippen molar-refractivity contribution in [3.05, 3.63) is 65.2 Å². The number of carbonyl (C=O) groups excluding carboxylic acids is 1. The molecule has 0 radical (unpaired) electrons. The van der Waals surface area contributed by atoms with Crippen LogP contribution in [0, 0.1) is 0 Å². The molecule has 0 saturated carbocycles. The Balaban J connectivity index is 1.89. The Morgan fingerprint density at radius 2 is 1.76 bits per heavy atom. The first-order valence-electron chi connectivity index (χ1n) is 6.80. The van der Waals surface area contributed by atoms with E-state index in [-0.39, 0.29) is 12.5 Å². The molecule has 0 saturated heterocycles. The van der Waals surface area contributed by atoms with E-state index < -0.39 is 0 Å². The van der Waals surface area contributed by atoms with E-state index in [1.54, 1.807) is 7.11 Å². The summed E-state index contributed by atoms with van der Waals surface area (Å²) < 4.78 is 5.08. The second kappa shape index (κ2) is 7.45. The van der Waals surface area contributed by atoms with Crippen LogP contribution >= 0.6 is 0 Å². The van der Waals surface area contributed by atoms with Crippen LogP contribution in [0.4, 0.5) is 0 Å². The Hall–Kier alpha value is -2.33. The van der Waals surface area contributed by atoms with E-state index in [1.165, 1.54) is 0 Å². The third kappa shape index (κ3) is 4.33. The van der Waals surface area contributed by atoms with Gasteiger partial charge in [-0.05, 0) is 28.8 Å². The standard InChI is InChI=1S/C17H19NO3/c1-21-16-8-6-13(7-9-16)10-17(20)18-11-14-4-2-3-5-15(14)12-19/h2-9,19H,10-12H2,1H3,(H,18,20). The molecule has 21 heavy (non-hydrogen) atoms. The molecule has 2 aromatic carbocycles. The average Bonchev–Trinajstić information content (AvgIpc) is 2.54. The van der Waals surface area contributed by atoms with Crippen molar-refractivity contribution in [3.63, 3.8) is 0 Å². The number of carbonyl (C=O) groups is 1. The molecule has 2 aromatic rings. The van der Waals surface area contributed by atoms with E-state index in [4.69, 9.17) is 4.74 Å². The molecule has 0 aromatic heterocycles. The molecule has 0 spiro atoms. The maximum atomic E-state index is 11.9. The Morgan fingerprint density at radius 3 is 2.38 bits per heavy atom. The van der Waals surface area contributed by atoms with Gasteiger partial charge >= 0.3 is 0 Å². The molecule has 0 unspecified atom stereocenters. The van der Waals surface area contributed by atoms with Crippen LogP contribution in [0.3, 0.4) is 0 Å². The molecular formula is C17H19NO3. The summed E-state index contributed by atoms with van der Waals surface area (Å²) in [6.45, 7) is 0.399. The van der Waals surface area contributed by atoms with Gasteiger partial charge in [0.25, 0.3) is 0 Å². The number of benzene rings is 2. The van der Waals surface area contributed by atoms with Gasteiger partial charge in [-0.3, -0.25) is 4.79 Å². The number of aliphatic hydroxyl groups excluding tert-OH is 1. The van der Waals surface area contributed by atoms with Gasteiger partial charge in [0, 0.05) is 6.54 Å². The fourth-order valence-electron chi connectivity index (χ4n) is 2.07. The van der Waals surface area contributed by atoms with E-state index in [0.29, 0.717) is 13.0 Å². The molecule has 2 N–H and O–H groups in total. The topological polar surface area (TPSA) is 58.6 Å². The fourth-order valence-corrected chi connectivity index (χ4v) is 2.07. The van der Waals surface area contributed by atoms with Gasteiger partial charge in [-0.25, -0.2) is 0 Å². The summed E-state index contributed by atoms with van der Waals surface area (Å²) in [7, 11) is 1.61. The summed E-state index contributed by atoms with van der Waals surface area (Å²) in [5.74, 6) is 0.726. The molecule has 0 fully saturated rings. The zero-order valence-corrected chi connectivity index (χ0v) is 12.0. The quantitative estimate of drug-likeness (QED) is 0.854. The van der Waals surface area contributed by atoms with Gasteiger partial charge in [-0.2, -0.15) is 0 Å². The molecule has 0 bridgehead atoms. The van der Waals surface area contributed by atoms with E-state index in [2.05, 4.69) is 5.32 Å². The maximum Gasteiger partial charge on any atom is 0.224 e. The minimum atomic E-state index is -0.0482. The van der Waals surface area contributed by atoms with Crippen molar-refractivity contribution in [2.45, 2.75) is 19.6 Å². The van der Waals surface area contributed by atoms with Gasteiger partial charge in [0.05, 0.1) is 20.1 Å². The lowest BCUT2D eigenvalue weighted by Gasteiger charge is -2.09. The van der Waals surface area contributed by atoms with Crippen molar-refractivity contribution in [3.8, 4) is 5.75 Å². The Labute approximate surface area is 124 Å². The minimum Gasteiger partial charge on any atom is -0.497 e. The third-order valence-electron chi connectivity index (χ3n) is 3.29. The van der Waals surface area contributed by atoms with Crippen LogP contribution in [0.15, 0.2) is 48.5 Å². The molecule has 0 atom stereocenters. The van der Waals surface area contributed by atoms with E-state index in [1.807, 2.05) is 48.5 Å².